The highest BCUT2D eigenvalue weighted by molar-refractivity contribution is 5.77. The van der Waals surface area contributed by atoms with Gasteiger partial charge in [-0.2, -0.15) is 13.2 Å². The summed E-state index contributed by atoms with van der Waals surface area (Å²) in [7, 11) is 0. The van der Waals surface area contributed by atoms with E-state index in [9.17, 15) is 23.1 Å². The van der Waals surface area contributed by atoms with Crippen LogP contribution in [0.15, 0.2) is 24.3 Å². The smallest absolute Gasteiger partial charge is 0.411 e. The predicted molar refractivity (Wildman–Crippen MR) is 65.4 cm³/mol. The fraction of sp³-hybridized carbons (Fsp3) is 0.500. The molecule has 0 radical (unpaired) electrons. The van der Waals surface area contributed by atoms with Gasteiger partial charge in [-0.25, -0.2) is 0 Å². The molecule has 2 rings (SSSR count). The maximum atomic E-state index is 12.0. The summed E-state index contributed by atoms with van der Waals surface area (Å²) in [5.41, 5.74) is 0.853. The Labute approximate surface area is 114 Å². The molecule has 1 aliphatic rings. The van der Waals surface area contributed by atoms with E-state index in [1.54, 1.807) is 0 Å². The van der Waals surface area contributed by atoms with Gasteiger partial charge in [-0.05, 0) is 30.4 Å². The minimum Gasteiger partial charge on any atom is -0.481 e. The van der Waals surface area contributed by atoms with Crippen LogP contribution in [0.5, 0.6) is 0 Å². The summed E-state index contributed by atoms with van der Waals surface area (Å²) in [6.07, 6.45) is -3.62. The highest BCUT2D eigenvalue weighted by Crippen LogP contribution is 2.40. The second-order valence-corrected chi connectivity index (χ2v) is 5.13. The molecule has 0 aliphatic heterocycles. The number of aliphatic carboxylic acids is 1. The molecule has 0 saturated heterocycles. The fourth-order valence-electron chi connectivity index (χ4n) is 2.58. The van der Waals surface area contributed by atoms with E-state index >= 15 is 0 Å². The summed E-state index contributed by atoms with van der Waals surface area (Å²) in [6, 6.07) is 7.38. The second kappa shape index (κ2) is 5.44. The quantitative estimate of drug-likeness (QED) is 0.847. The van der Waals surface area contributed by atoms with Crippen molar-refractivity contribution < 1.29 is 27.8 Å². The molecule has 1 aromatic rings. The van der Waals surface area contributed by atoms with Crippen LogP contribution < -0.4 is 0 Å². The molecule has 20 heavy (non-hydrogen) atoms. The fourth-order valence-corrected chi connectivity index (χ4v) is 2.58. The first-order valence-electron chi connectivity index (χ1n) is 6.27. The lowest BCUT2D eigenvalue weighted by Crippen LogP contribution is -2.33. The summed E-state index contributed by atoms with van der Waals surface area (Å²) < 4.78 is 40.5. The maximum absolute atomic E-state index is 12.0. The van der Waals surface area contributed by atoms with Gasteiger partial charge in [0.2, 0.25) is 0 Å². The van der Waals surface area contributed by atoms with Crippen molar-refractivity contribution in [2.75, 3.05) is 13.2 Å². The average Bonchev–Trinajstić information content (AvgIpc) is 2.73. The first-order chi connectivity index (χ1) is 9.32. The summed E-state index contributed by atoms with van der Waals surface area (Å²) in [5.74, 6) is -0.982. The van der Waals surface area contributed by atoms with E-state index in [0.29, 0.717) is 12.8 Å². The van der Waals surface area contributed by atoms with Crippen LogP contribution in [-0.4, -0.2) is 30.5 Å². The minimum atomic E-state index is -4.38. The zero-order chi connectivity index (χ0) is 14.8. The SMILES string of the molecule is O=C(O)C1(CCOCC(F)(F)F)Cc2ccccc2C1. The molecule has 0 heterocycles. The standard InChI is InChI=1S/C14H15F3O3/c15-14(16,17)9-20-6-5-13(12(18)19)7-10-3-1-2-4-11(10)8-13/h1-4H,5-9H2,(H,18,19). The number of hydrogen-bond acceptors (Lipinski definition) is 2. The first-order valence-corrected chi connectivity index (χ1v) is 6.27. The molecule has 0 amide bonds. The van der Waals surface area contributed by atoms with Gasteiger partial charge in [-0.3, -0.25) is 4.79 Å². The van der Waals surface area contributed by atoms with Crippen LogP contribution in [0.4, 0.5) is 13.2 Å². The van der Waals surface area contributed by atoms with Crippen molar-refractivity contribution in [3.63, 3.8) is 0 Å². The molecule has 110 valence electrons. The lowest BCUT2D eigenvalue weighted by atomic mass is 9.82. The van der Waals surface area contributed by atoms with Crippen molar-refractivity contribution in [2.24, 2.45) is 5.41 Å². The van der Waals surface area contributed by atoms with Crippen LogP contribution in [0.2, 0.25) is 0 Å². The molecule has 0 fully saturated rings. The van der Waals surface area contributed by atoms with Gasteiger partial charge in [0.05, 0.1) is 5.41 Å². The van der Waals surface area contributed by atoms with Gasteiger partial charge in [0, 0.05) is 6.61 Å². The largest absolute Gasteiger partial charge is 0.481 e. The summed E-state index contributed by atoms with van der Waals surface area (Å²) >= 11 is 0. The average molecular weight is 288 g/mol. The molecule has 0 spiro atoms. The molecule has 0 aromatic heterocycles. The Morgan fingerprint density at radius 1 is 1.25 bits per heavy atom. The van der Waals surface area contributed by atoms with Gasteiger partial charge < -0.3 is 9.84 Å². The molecule has 1 N–H and O–H groups in total. The van der Waals surface area contributed by atoms with Crippen molar-refractivity contribution in [1.82, 2.24) is 0 Å². The Morgan fingerprint density at radius 3 is 2.25 bits per heavy atom. The Balaban J connectivity index is 1.98. The molecule has 6 heteroatoms. The molecule has 1 aromatic carbocycles. The Bertz CT molecular complexity index is 472. The lowest BCUT2D eigenvalue weighted by molar-refractivity contribution is -0.176. The molecule has 0 saturated carbocycles. The first kappa shape index (κ1) is 14.8. The van der Waals surface area contributed by atoms with Crippen LogP contribution in [0.3, 0.4) is 0 Å². The third kappa shape index (κ3) is 3.30. The lowest BCUT2D eigenvalue weighted by Gasteiger charge is -2.23. The zero-order valence-electron chi connectivity index (χ0n) is 10.7. The van der Waals surface area contributed by atoms with Crippen molar-refractivity contribution in [3.8, 4) is 0 Å². The van der Waals surface area contributed by atoms with E-state index in [1.165, 1.54) is 0 Å². The van der Waals surface area contributed by atoms with Gasteiger partial charge in [0.15, 0.2) is 0 Å². The summed E-state index contributed by atoms with van der Waals surface area (Å²) in [4.78, 5) is 11.5. The van der Waals surface area contributed by atoms with E-state index in [1.807, 2.05) is 24.3 Å². The van der Waals surface area contributed by atoms with Gasteiger partial charge in [0.25, 0.3) is 0 Å². The monoisotopic (exact) mass is 288 g/mol. The summed E-state index contributed by atoms with van der Waals surface area (Å²) in [5, 5.41) is 9.42. The third-order valence-corrected chi connectivity index (χ3v) is 3.62. The highest BCUT2D eigenvalue weighted by Gasteiger charge is 2.43. The number of carboxylic acid groups (broad SMARTS) is 1. The Kier molecular flexibility index (Phi) is 4.04. The van der Waals surface area contributed by atoms with Crippen LogP contribution in [0.25, 0.3) is 0 Å². The number of hydrogen-bond donors (Lipinski definition) is 1. The number of carboxylic acids is 1. The Morgan fingerprint density at radius 2 is 1.80 bits per heavy atom. The number of benzene rings is 1. The molecule has 0 atom stereocenters. The number of halogens is 3. The van der Waals surface area contributed by atoms with Crippen molar-refractivity contribution in [1.29, 1.82) is 0 Å². The van der Waals surface area contributed by atoms with Gasteiger partial charge in [-0.1, -0.05) is 24.3 Å². The second-order valence-electron chi connectivity index (χ2n) is 5.13. The zero-order valence-corrected chi connectivity index (χ0v) is 10.7. The Hall–Kier alpha value is -1.56. The topological polar surface area (TPSA) is 46.5 Å². The van der Waals surface area contributed by atoms with E-state index in [-0.39, 0.29) is 13.0 Å². The van der Waals surface area contributed by atoms with E-state index < -0.39 is 24.2 Å². The van der Waals surface area contributed by atoms with Crippen LogP contribution in [0.1, 0.15) is 17.5 Å². The molecular formula is C14H15F3O3. The molecule has 1 aliphatic carbocycles. The number of fused-ring (bicyclic) bond motifs is 1. The molecule has 0 unspecified atom stereocenters. The number of ether oxygens (including phenoxy) is 1. The van der Waals surface area contributed by atoms with Crippen molar-refractivity contribution >= 4 is 5.97 Å². The van der Waals surface area contributed by atoms with E-state index in [4.69, 9.17) is 0 Å². The summed E-state index contributed by atoms with van der Waals surface area (Å²) in [6.45, 7) is -1.55. The highest BCUT2D eigenvalue weighted by atomic mass is 19.4. The van der Waals surface area contributed by atoms with Crippen LogP contribution in [0, 0.1) is 5.41 Å². The van der Waals surface area contributed by atoms with Gasteiger partial charge >= 0.3 is 12.1 Å². The number of alkyl halides is 3. The maximum Gasteiger partial charge on any atom is 0.411 e. The van der Waals surface area contributed by atoms with Crippen LogP contribution in [-0.2, 0) is 22.4 Å². The molecular weight excluding hydrogens is 273 g/mol. The third-order valence-electron chi connectivity index (χ3n) is 3.62. The minimum absolute atomic E-state index is 0.0765. The molecule has 0 bridgehead atoms. The number of carbonyl (C=O) groups is 1. The van der Waals surface area contributed by atoms with Crippen molar-refractivity contribution in [2.45, 2.75) is 25.4 Å². The predicted octanol–water partition coefficient (Wildman–Crippen LogP) is 2.83. The van der Waals surface area contributed by atoms with Gasteiger partial charge in [-0.15, -0.1) is 0 Å². The number of rotatable bonds is 5. The normalized spacial score (nSPS) is 16.9. The van der Waals surface area contributed by atoms with Gasteiger partial charge in [0.1, 0.15) is 6.61 Å². The molecule has 3 nitrogen and oxygen atoms in total. The van der Waals surface area contributed by atoms with Crippen molar-refractivity contribution in [3.05, 3.63) is 35.4 Å². The van der Waals surface area contributed by atoms with Crippen LogP contribution >= 0.6 is 0 Å². The van der Waals surface area contributed by atoms with E-state index in [2.05, 4.69) is 4.74 Å². The van der Waals surface area contributed by atoms with E-state index in [0.717, 1.165) is 11.1 Å².